The number of piperidine rings is 1. The molecule has 0 aliphatic carbocycles. The van der Waals surface area contributed by atoms with Gasteiger partial charge in [0.2, 0.25) is 0 Å². The fourth-order valence-electron chi connectivity index (χ4n) is 2.51. The number of aryl methyl sites for hydroxylation is 1. The molecule has 2 amide bonds. The molecule has 1 aliphatic rings. The van der Waals surface area contributed by atoms with Crippen LogP contribution in [0.25, 0.3) is 0 Å². The largest absolute Gasteiger partial charge is 0.481 e. The molecule has 5 heteroatoms. The lowest BCUT2D eigenvalue weighted by Crippen LogP contribution is -2.46. The summed E-state index contributed by atoms with van der Waals surface area (Å²) in [5.74, 6) is -0.856. The summed E-state index contributed by atoms with van der Waals surface area (Å²) in [6.45, 7) is 2.61. The molecule has 108 valence electrons. The highest BCUT2D eigenvalue weighted by atomic mass is 16.4. The third-order valence-electron chi connectivity index (χ3n) is 3.60. The zero-order valence-electron chi connectivity index (χ0n) is 11.6. The molecule has 20 heavy (non-hydrogen) atoms. The molecule has 1 heterocycles. The summed E-state index contributed by atoms with van der Waals surface area (Å²) in [5.41, 5.74) is 1.87. The van der Waals surface area contributed by atoms with Crippen LogP contribution in [-0.2, 0) is 4.79 Å². The van der Waals surface area contributed by atoms with Gasteiger partial charge >= 0.3 is 12.0 Å². The Balaban J connectivity index is 2.01. The van der Waals surface area contributed by atoms with Gasteiger partial charge in [-0.3, -0.25) is 4.79 Å². The van der Waals surface area contributed by atoms with Gasteiger partial charge in [-0.05, 0) is 38.3 Å². The predicted molar refractivity (Wildman–Crippen MR) is 76.8 cm³/mol. The van der Waals surface area contributed by atoms with Gasteiger partial charge in [0, 0.05) is 18.3 Å². The first-order valence-electron chi connectivity index (χ1n) is 6.92. The summed E-state index contributed by atoms with van der Waals surface area (Å²) >= 11 is 0. The van der Waals surface area contributed by atoms with Crippen LogP contribution in [0.1, 0.15) is 31.2 Å². The minimum Gasteiger partial charge on any atom is -0.481 e. The smallest absolute Gasteiger partial charge is 0.322 e. The van der Waals surface area contributed by atoms with Gasteiger partial charge in [-0.25, -0.2) is 4.79 Å². The van der Waals surface area contributed by atoms with E-state index in [4.69, 9.17) is 5.11 Å². The van der Waals surface area contributed by atoms with E-state index in [-0.39, 0.29) is 18.5 Å². The Bertz CT molecular complexity index is 484. The number of hydrogen-bond acceptors (Lipinski definition) is 2. The average molecular weight is 276 g/mol. The van der Waals surface area contributed by atoms with E-state index >= 15 is 0 Å². The molecule has 1 aromatic rings. The maximum absolute atomic E-state index is 12.3. The lowest BCUT2D eigenvalue weighted by atomic mass is 10.00. The zero-order chi connectivity index (χ0) is 14.5. The number of benzene rings is 1. The van der Waals surface area contributed by atoms with Crippen LogP contribution in [0.15, 0.2) is 24.3 Å². The number of nitrogens with zero attached hydrogens (tertiary/aromatic N) is 1. The Hall–Kier alpha value is -2.04. The van der Waals surface area contributed by atoms with Crippen molar-refractivity contribution >= 4 is 17.7 Å². The molecule has 5 nitrogen and oxygen atoms in total. The van der Waals surface area contributed by atoms with Crippen molar-refractivity contribution in [2.45, 2.75) is 38.6 Å². The van der Waals surface area contributed by atoms with Gasteiger partial charge in [-0.1, -0.05) is 17.7 Å². The van der Waals surface area contributed by atoms with Gasteiger partial charge in [0.05, 0.1) is 6.42 Å². The molecular weight excluding hydrogens is 256 g/mol. The molecule has 2 N–H and O–H groups in total. The molecule has 1 aliphatic heterocycles. The van der Waals surface area contributed by atoms with Gasteiger partial charge in [-0.15, -0.1) is 0 Å². The van der Waals surface area contributed by atoms with Crippen LogP contribution in [0.5, 0.6) is 0 Å². The summed E-state index contributed by atoms with van der Waals surface area (Å²) in [4.78, 5) is 24.8. The fourth-order valence-corrected chi connectivity index (χ4v) is 2.51. The normalized spacial score (nSPS) is 18.6. The number of aliphatic carboxylic acids is 1. The van der Waals surface area contributed by atoms with Crippen LogP contribution in [0, 0.1) is 6.92 Å². The Kier molecular flexibility index (Phi) is 4.61. The van der Waals surface area contributed by atoms with Crippen molar-refractivity contribution in [1.82, 2.24) is 4.90 Å². The summed E-state index contributed by atoms with van der Waals surface area (Å²) in [6, 6.07) is 7.15. The first-order chi connectivity index (χ1) is 9.56. The number of amides is 2. The van der Waals surface area contributed by atoms with Crippen molar-refractivity contribution in [3.05, 3.63) is 29.8 Å². The minimum atomic E-state index is -0.856. The molecule has 2 rings (SSSR count). The van der Waals surface area contributed by atoms with E-state index < -0.39 is 5.97 Å². The highest BCUT2D eigenvalue weighted by Crippen LogP contribution is 2.21. The fraction of sp³-hybridized carbons (Fsp3) is 0.467. The lowest BCUT2D eigenvalue weighted by Gasteiger charge is -2.34. The molecule has 0 radical (unpaired) electrons. The van der Waals surface area contributed by atoms with Crippen molar-refractivity contribution in [2.24, 2.45) is 0 Å². The van der Waals surface area contributed by atoms with Gasteiger partial charge in [0.25, 0.3) is 0 Å². The second-order valence-electron chi connectivity index (χ2n) is 5.24. The first kappa shape index (κ1) is 14.4. The zero-order valence-corrected chi connectivity index (χ0v) is 11.6. The molecule has 0 spiro atoms. The van der Waals surface area contributed by atoms with Crippen molar-refractivity contribution in [1.29, 1.82) is 0 Å². The maximum atomic E-state index is 12.3. The number of carbonyl (C=O) groups excluding carboxylic acids is 1. The topological polar surface area (TPSA) is 69.6 Å². The molecule has 0 bridgehead atoms. The second kappa shape index (κ2) is 6.41. The monoisotopic (exact) mass is 276 g/mol. The summed E-state index contributed by atoms with van der Waals surface area (Å²) in [6.07, 6.45) is 2.68. The van der Waals surface area contributed by atoms with Gasteiger partial charge < -0.3 is 15.3 Å². The third kappa shape index (κ3) is 3.73. The maximum Gasteiger partial charge on any atom is 0.322 e. The first-order valence-corrected chi connectivity index (χ1v) is 6.92. The number of carboxylic acids is 1. The number of carboxylic acid groups (broad SMARTS) is 1. The number of likely N-dealkylation sites (tertiary alicyclic amines) is 1. The Labute approximate surface area is 118 Å². The van der Waals surface area contributed by atoms with Gasteiger partial charge in [0.15, 0.2) is 0 Å². The molecule has 1 unspecified atom stereocenters. The summed E-state index contributed by atoms with van der Waals surface area (Å²) in [7, 11) is 0. The van der Waals surface area contributed by atoms with E-state index in [1.54, 1.807) is 4.90 Å². The Morgan fingerprint density at radius 2 is 2.00 bits per heavy atom. The van der Waals surface area contributed by atoms with Crippen LogP contribution in [0.3, 0.4) is 0 Å². The number of rotatable bonds is 3. The molecule has 1 fully saturated rings. The van der Waals surface area contributed by atoms with E-state index in [1.807, 2.05) is 31.2 Å². The van der Waals surface area contributed by atoms with Crippen LogP contribution >= 0.6 is 0 Å². The quantitative estimate of drug-likeness (QED) is 0.891. The van der Waals surface area contributed by atoms with E-state index in [0.29, 0.717) is 6.54 Å². The van der Waals surface area contributed by atoms with Crippen molar-refractivity contribution in [2.75, 3.05) is 11.9 Å². The van der Waals surface area contributed by atoms with E-state index in [0.717, 1.165) is 30.5 Å². The van der Waals surface area contributed by atoms with Gasteiger partial charge in [-0.2, -0.15) is 0 Å². The minimum absolute atomic E-state index is 0.0152. The van der Waals surface area contributed by atoms with Crippen molar-refractivity contribution in [3.8, 4) is 0 Å². The number of carbonyl (C=O) groups is 2. The van der Waals surface area contributed by atoms with E-state index in [2.05, 4.69) is 5.32 Å². The number of urea groups is 1. The lowest BCUT2D eigenvalue weighted by molar-refractivity contribution is -0.138. The second-order valence-corrected chi connectivity index (χ2v) is 5.24. The van der Waals surface area contributed by atoms with Crippen LogP contribution in [0.2, 0.25) is 0 Å². The number of nitrogens with one attached hydrogen (secondary N) is 1. The molecule has 0 saturated carbocycles. The Morgan fingerprint density at radius 1 is 1.30 bits per heavy atom. The van der Waals surface area contributed by atoms with E-state index in [1.165, 1.54) is 0 Å². The SMILES string of the molecule is Cc1ccc(NC(=O)N2CCCCC2CC(=O)O)cc1. The number of anilines is 1. The summed E-state index contributed by atoms with van der Waals surface area (Å²) < 4.78 is 0. The van der Waals surface area contributed by atoms with Crippen molar-refractivity contribution < 1.29 is 14.7 Å². The third-order valence-corrected chi connectivity index (χ3v) is 3.60. The highest BCUT2D eigenvalue weighted by Gasteiger charge is 2.28. The van der Waals surface area contributed by atoms with Crippen LogP contribution in [0.4, 0.5) is 10.5 Å². The summed E-state index contributed by atoms with van der Waals surface area (Å²) in [5, 5.41) is 11.8. The standard InChI is InChI=1S/C15H20N2O3/c1-11-5-7-12(8-6-11)16-15(20)17-9-3-2-4-13(17)10-14(18)19/h5-8,13H,2-4,9-10H2,1H3,(H,16,20)(H,18,19). The molecule has 1 saturated heterocycles. The average Bonchev–Trinajstić information content (AvgIpc) is 2.41. The van der Waals surface area contributed by atoms with Crippen LogP contribution < -0.4 is 5.32 Å². The number of hydrogen-bond donors (Lipinski definition) is 2. The molecule has 1 aromatic carbocycles. The van der Waals surface area contributed by atoms with Gasteiger partial charge in [0.1, 0.15) is 0 Å². The van der Waals surface area contributed by atoms with Crippen molar-refractivity contribution in [3.63, 3.8) is 0 Å². The van der Waals surface area contributed by atoms with Crippen LogP contribution in [-0.4, -0.2) is 34.6 Å². The Morgan fingerprint density at radius 3 is 2.65 bits per heavy atom. The molecular formula is C15H20N2O3. The predicted octanol–water partition coefficient (Wildman–Crippen LogP) is 2.86. The molecule has 1 atom stereocenters. The highest BCUT2D eigenvalue weighted by molar-refractivity contribution is 5.89. The van der Waals surface area contributed by atoms with E-state index in [9.17, 15) is 9.59 Å². The molecule has 0 aromatic heterocycles.